The summed E-state index contributed by atoms with van der Waals surface area (Å²) < 4.78 is 5.80. The summed E-state index contributed by atoms with van der Waals surface area (Å²) >= 11 is 5.99. The zero-order chi connectivity index (χ0) is 22.1. The Morgan fingerprint density at radius 3 is 2.66 bits per heavy atom. The van der Waals surface area contributed by atoms with Crippen LogP contribution < -0.4 is 5.32 Å². The summed E-state index contributed by atoms with van der Waals surface area (Å²) in [6.45, 7) is 1.80. The largest absolute Gasteiger partial charge is 0.440 e. The Morgan fingerprint density at radius 1 is 1.09 bits per heavy atom. The predicted octanol–water partition coefficient (Wildman–Crippen LogP) is 4.92. The first-order valence-electron chi connectivity index (χ1n) is 11.3. The number of carbonyl (C=O) groups is 2. The quantitative estimate of drug-likeness (QED) is 0.577. The van der Waals surface area contributed by atoms with Crippen LogP contribution in [-0.2, 0) is 11.3 Å². The Kier molecular flexibility index (Phi) is 5.87. The molecule has 7 heteroatoms. The first kappa shape index (κ1) is 21.0. The van der Waals surface area contributed by atoms with Gasteiger partial charge in [-0.1, -0.05) is 23.7 Å². The Labute approximate surface area is 191 Å². The van der Waals surface area contributed by atoms with Crippen LogP contribution in [0.2, 0.25) is 5.02 Å². The summed E-state index contributed by atoms with van der Waals surface area (Å²) in [5, 5.41) is 3.64. The summed E-state index contributed by atoms with van der Waals surface area (Å²) in [6, 6.07) is 13.0. The van der Waals surface area contributed by atoms with E-state index in [1.54, 1.807) is 0 Å². The molecule has 2 aromatic carbocycles. The van der Waals surface area contributed by atoms with Crippen LogP contribution in [-0.4, -0.2) is 34.8 Å². The standard InChI is InChI=1S/C25H26ClN3O3/c26-20-3-1-2-17(12-20)15-27-23(30)13-16-8-10-29(11-9-16)25(31)19-6-7-22-21(14-19)28-24(32-22)18-4-5-18/h1-3,6-7,12,14,16,18H,4-5,8-11,13,15H2,(H,27,30). The van der Waals surface area contributed by atoms with Crippen LogP contribution in [0.1, 0.15) is 59.8 Å². The molecule has 2 aliphatic rings. The Bertz CT molecular complexity index is 1150. The smallest absolute Gasteiger partial charge is 0.253 e. The van der Waals surface area contributed by atoms with Crippen molar-refractivity contribution in [2.45, 2.75) is 44.6 Å². The molecule has 0 spiro atoms. The van der Waals surface area contributed by atoms with E-state index in [1.807, 2.05) is 47.4 Å². The lowest BCUT2D eigenvalue weighted by atomic mass is 9.92. The minimum absolute atomic E-state index is 0.0201. The maximum absolute atomic E-state index is 13.0. The molecule has 0 unspecified atom stereocenters. The van der Waals surface area contributed by atoms with Crippen molar-refractivity contribution < 1.29 is 14.0 Å². The SMILES string of the molecule is O=C(CC1CCN(C(=O)c2ccc3oc(C4CC4)nc3c2)CC1)NCc1cccc(Cl)c1. The molecule has 0 bridgehead atoms. The van der Waals surface area contributed by atoms with Gasteiger partial charge < -0.3 is 14.6 Å². The fourth-order valence-corrected chi connectivity index (χ4v) is 4.50. The highest BCUT2D eigenvalue weighted by Crippen LogP contribution is 2.40. The maximum Gasteiger partial charge on any atom is 0.253 e. The number of carbonyl (C=O) groups excluding carboxylic acids is 2. The first-order chi connectivity index (χ1) is 15.5. The van der Waals surface area contributed by atoms with Gasteiger partial charge in [0.2, 0.25) is 5.91 Å². The number of nitrogens with zero attached hydrogens (tertiary/aromatic N) is 2. The minimum atomic E-state index is 0.0201. The van der Waals surface area contributed by atoms with Crippen molar-refractivity contribution in [1.82, 2.24) is 15.2 Å². The summed E-state index contributed by atoms with van der Waals surface area (Å²) in [6.07, 6.45) is 4.40. The van der Waals surface area contributed by atoms with Gasteiger partial charge in [0.1, 0.15) is 5.52 Å². The molecular weight excluding hydrogens is 426 g/mol. The van der Waals surface area contributed by atoms with E-state index >= 15 is 0 Å². The number of piperidine rings is 1. The van der Waals surface area contributed by atoms with Crippen molar-refractivity contribution in [2.75, 3.05) is 13.1 Å². The molecule has 2 heterocycles. The predicted molar refractivity (Wildman–Crippen MR) is 123 cm³/mol. The van der Waals surface area contributed by atoms with E-state index in [0.717, 1.165) is 48.2 Å². The molecule has 32 heavy (non-hydrogen) atoms. The zero-order valence-corrected chi connectivity index (χ0v) is 18.6. The van der Waals surface area contributed by atoms with Gasteiger partial charge in [0.15, 0.2) is 11.5 Å². The van der Waals surface area contributed by atoms with Crippen molar-refractivity contribution in [2.24, 2.45) is 5.92 Å². The third-order valence-corrected chi connectivity index (χ3v) is 6.57. The number of rotatable bonds is 6. The number of amides is 2. The lowest BCUT2D eigenvalue weighted by Crippen LogP contribution is -2.39. The van der Waals surface area contributed by atoms with Crippen molar-refractivity contribution in [3.05, 3.63) is 64.5 Å². The van der Waals surface area contributed by atoms with Gasteiger partial charge in [-0.05, 0) is 67.5 Å². The molecule has 2 amide bonds. The highest BCUT2D eigenvalue weighted by atomic mass is 35.5. The van der Waals surface area contributed by atoms with Crippen LogP contribution in [0.4, 0.5) is 0 Å². The van der Waals surface area contributed by atoms with Crippen LogP contribution in [0.3, 0.4) is 0 Å². The Balaban J connectivity index is 1.12. The molecule has 0 radical (unpaired) electrons. The fourth-order valence-electron chi connectivity index (χ4n) is 4.29. The molecule has 5 rings (SSSR count). The maximum atomic E-state index is 13.0. The number of aromatic nitrogens is 1. The van der Waals surface area contributed by atoms with Crippen molar-refractivity contribution >= 4 is 34.5 Å². The van der Waals surface area contributed by atoms with E-state index in [4.69, 9.17) is 16.0 Å². The third kappa shape index (κ3) is 4.80. The van der Waals surface area contributed by atoms with Crippen LogP contribution >= 0.6 is 11.6 Å². The number of nitrogens with one attached hydrogen (secondary N) is 1. The molecule has 166 valence electrons. The van der Waals surface area contributed by atoms with E-state index in [0.29, 0.717) is 42.6 Å². The second kappa shape index (κ2) is 8.94. The molecule has 1 aliphatic heterocycles. The molecular formula is C25H26ClN3O3. The normalized spacial score (nSPS) is 17.0. The number of halogens is 1. The highest BCUT2D eigenvalue weighted by molar-refractivity contribution is 6.30. The van der Waals surface area contributed by atoms with Gasteiger partial charge in [-0.3, -0.25) is 9.59 Å². The fraction of sp³-hybridized carbons (Fsp3) is 0.400. The van der Waals surface area contributed by atoms with E-state index < -0.39 is 0 Å². The molecule has 3 aromatic rings. The van der Waals surface area contributed by atoms with E-state index in [2.05, 4.69) is 10.3 Å². The van der Waals surface area contributed by atoms with Gasteiger partial charge in [-0.25, -0.2) is 4.98 Å². The summed E-state index contributed by atoms with van der Waals surface area (Å²) in [7, 11) is 0. The van der Waals surface area contributed by atoms with Gasteiger partial charge in [0.05, 0.1) is 0 Å². The van der Waals surface area contributed by atoms with Crippen molar-refractivity contribution in [1.29, 1.82) is 0 Å². The number of oxazole rings is 1. The number of hydrogen-bond donors (Lipinski definition) is 1. The van der Waals surface area contributed by atoms with Crippen LogP contribution in [0.25, 0.3) is 11.1 Å². The molecule has 1 aliphatic carbocycles. The molecule has 1 aromatic heterocycles. The van der Waals surface area contributed by atoms with Crippen LogP contribution in [0.5, 0.6) is 0 Å². The lowest BCUT2D eigenvalue weighted by molar-refractivity contribution is -0.122. The van der Waals surface area contributed by atoms with Crippen molar-refractivity contribution in [3.63, 3.8) is 0 Å². The number of fused-ring (bicyclic) bond motifs is 1. The average molecular weight is 452 g/mol. The number of likely N-dealkylation sites (tertiary alicyclic amines) is 1. The van der Waals surface area contributed by atoms with E-state index in [-0.39, 0.29) is 17.7 Å². The second-order valence-electron chi connectivity index (χ2n) is 8.86. The van der Waals surface area contributed by atoms with Crippen LogP contribution in [0, 0.1) is 5.92 Å². The molecule has 0 atom stereocenters. The van der Waals surface area contributed by atoms with Gasteiger partial charge in [-0.15, -0.1) is 0 Å². The number of hydrogen-bond acceptors (Lipinski definition) is 4. The molecule has 6 nitrogen and oxygen atoms in total. The van der Waals surface area contributed by atoms with E-state index in [9.17, 15) is 9.59 Å². The Morgan fingerprint density at radius 2 is 1.91 bits per heavy atom. The first-order valence-corrected chi connectivity index (χ1v) is 11.6. The molecule has 1 saturated carbocycles. The van der Waals surface area contributed by atoms with Crippen LogP contribution in [0.15, 0.2) is 46.9 Å². The van der Waals surface area contributed by atoms with Gasteiger partial charge in [0, 0.05) is 42.6 Å². The zero-order valence-electron chi connectivity index (χ0n) is 17.9. The number of benzene rings is 2. The monoisotopic (exact) mass is 451 g/mol. The molecule has 2 fully saturated rings. The highest BCUT2D eigenvalue weighted by Gasteiger charge is 2.29. The summed E-state index contributed by atoms with van der Waals surface area (Å²) in [5.74, 6) is 1.59. The van der Waals surface area contributed by atoms with Gasteiger partial charge in [0.25, 0.3) is 5.91 Å². The van der Waals surface area contributed by atoms with Gasteiger partial charge >= 0.3 is 0 Å². The summed E-state index contributed by atoms with van der Waals surface area (Å²) in [5.41, 5.74) is 3.13. The third-order valence-electron chi connectivity index (χ3n) is 6.33. The topological polar surface area (TPSA) is 75.4 Å². The van der Waals surface area contributed by atoms with E-state index in [1.165, 1.54) is 0 Å². The molecule has 1 saturated heterocycles. The minimum Gasteiger partial charge on any atom is -0.440 e. The van der Waals surface area contributed by atoms with Gasteiger partial charge in [-0.2, -0.15) is 0 Å². The Hall–Kier alpha value is -2.86. The summed E-state index contributed by atoms with van der Waals surface area (Å²) in [4.78, 5) is 31.8. The van der Waals surface area contributed by atoms with Crippen molar-refractivity contribution in [3.8, 4) is 0 Å². The lowest BCUT2D eigenvalue weighted by Gasteiger charge is -2.31. The second-order valence-corrected chi connectivity index (χ2v) is 9.29. The molecule has 1 N–H and O–H groups in total. The average Bonchev–Trinajstić information content (AvgIpc) is 3.56.